The Hall–Kier alpha value is -2.78. The third-order valence-electron chi connectivity index (χ3n) is 4.83. The first-order chi connectivity index (χ1) is 13.8. The minimum absolute atomic E-state index is 0.0115. The van der Waals surface area contributed by atoms with E-state index in [0.717, 1.165) is 11.6 Å². The molecule has 0 radical (unpaired) electrons. The summed E-state index contributed by atoms with van der Waals surface area (Å²) in [6.07, 6.45) is 1.01. The minimum Gasteiger partial charge on any atom is -0.273 e. The number of aryl methyl sites for hydroxylation is 1. The molecule has 29 heavy (non-hydrogen) atoms. The number of hydrogen-bond acceptors (Lipinski definition) is 4. The van der Waals surface area contributed by atoms with Crippen LogP contribution in [0.1, 0.15) is 28.8 Å². The van der Waals surface area contributed by atoms with Gasteiger partial charge in [0.2, 0.25) is 15.9 Å². The van der Waals surface area contributed by atoms with Crippen LogP contribution >= 0.6 is 0 Å². The predicted molar refractivity (Wildman–Crippen MR) is 105 cm³/mol. The van der Waals surface area contributed by atoms with Gasteiger partial charge in [0.15, 0.2) is 0 Å². The van der Waals surface area contributed by atoms with Crippen molar-refractivity contribution in [3.05, 3.63) is 65.5 Å². The van der Waals surface area contributed by atoms with Crippen molar-refractivity contribution < 1.29 is 22.4 Å². The molecule has 0 aliphatic carbocycles. The van der Waals surface area contributed by atoms with Gasteiger partial charge in [0.05, 0.1) is 16.4 Å². The van der Waals surface area contributed by atoms with Crippen LogP contribution in [0.2, 0.25) is 0 Å². The molecule has 0 unspecified atom stereocenters. The Labute approximate surface area is 168 Å². The summed E-state index contributed by atoms with van der Waals surface area (Å²) in [4.78, 5) is 24.6. The molecule has 0 aromatic heterocycles. The molecule has 1 heterocycles. The molecule has 7 nitrogen and oxygen atoms in total. The lowest BCUT2D eigenvalue weighted by Crippen LogP contribution is -2.50. The molecule has 1 aliphatic heterocycles. The second-order valence-corrected chi connectivity index (χ2v) is 8.88. The highest BCUT2D eigenvalue weighted by molar-refractivity contribution is 7.89. The van der Waals surface area contributed by atoms with Gasteiger partial charge in [-0.2, -0.15) is 4.31 Å². The zero-order valence-corrected chi connectivity index (χ0v) is 16.7. The summed E-state index contributed by atoms with van der Waals surface area (Å²) < 4.78 is 40.6. The summed E-state index contributed by atoms with van der Waals surface area (Å²) in [7, 11) is -3.71. The Bertz CT molecular complexity index is 1010. The van der Waals surface area contributed by atoms with Crippen molar-refractivity contribution in [2.75, 3.05) is 13.1 Å². The number of carbonyl (C=O) groups excluding carboxylic acids is 2. The lowest BCUT2D eigenvalue weighted by molar-refractivity contribution is -0.126. The average Bonchev–Trinajstić information content (AvgIpc) is 2.72. The molecule has 0 bridgehead atoms. The Balaban J connectivity index is 1.63. The van der Waals surface area contributed by atoms with Crippen LogP contribution in [0.15, 0.2) is 53.4 Å². The molecular weight excluding hydrogens is 397 g/mol. The van der Waals surface area contributed by atoms with E-state index in [0.29, 0.717) is 19.4 Å². The number of piperidine rings is 1. The van der Waals surface area contributed by atoms with Crippen LogP contribution in [0.3, 0.4) is 0 Å². The molecule has 1 atom stereocenters. The van der Waals surface area contributed by atoms with Crippen LogP contribution in [0.25, 0.3) is 0 Å². The Morgan fingerprint density at radius 3 is 2.45 bits per heavy atom. The van der Waals surface area contributed by atoms with Gasteiger partial charge in [-0.25, -0.2) is 12.8 Å². The number of carbonyl (C=O) groups is 2. The van der Waals surface area contributed by atoms with E-state index in [9.17, 15) is 22.4 Å². The van der Waals surface area contributed by atoms with Gasteiger partial charge >= 0.3 is 0 Å². The van der Waals surface area contributed by atoms with Crippen LogP contribution < -0.4 is 10.9 Å². The van der Waals surface area contributed by atoms with E-state index in [1.807, 2.05) is 6.92 Å². The highest BCUT2D eigenvalue weighted by Crippen LogP contribution is 2.24. The largest absolute Gasteiger partial charge is 0.273 e. The molecule has 154 valence electrons. The Morgan fingerprint density at radius 2 is 1.76 bits per heavy atom. The minimum atomic E-state index is -3.71. The van der Waals surface area contributed by atoms with Crippen LogP contribution in [0.4, 0.5) is 4.39 Å². The topological polar surface area (TPSA) is 95.6 Å². The zero-order valence-electron chi connectivity index (χ0n) is 15.9. The Morgan fingerprint density at radius 1 is 1.07 bits per heavy atom. The van der Waals surface area contributed by atoms with Gasteiger partial charge in [-0.15, -0.1) is 0 Å². The first-order valence-corrected chi connectivity index (χ1v) is 10.6. The predicted octanol–water partition coefficient (Wildman–Crippen LogP) is 2.00. The molecular formula is C20H22FN3O4S. The van der Waals surface area contributed by atoms with Gasteiger partial charge in [0, 0.05) is 13.1 Å². The van der Waals surface area contributed by atoms with Crippen molar-refractivity contribution in [1.82, 2.24) is 15.2 Å². The fourth-order valence-electron chi connectivity index (χ4n) is 3.17. The molecule has 0 saturated carbocycles. The fourth-order valence-corrected chi connectivity index (χ4v) is 4.69. The molecule has 1 saturated heterocycles. The van der Waals surface area contributed by atoms with E-state index >= 15 is 0 Å². The van der Waals surface area contributed by atoms with Crippen molar-refractivity contribution in [3.63, 3.8) is 0 Å². The maximum absolute atomic E-state index is 13.6. The number of halogens is 1. The highest BCUT2D eigenvalue weighted by Gasteiger charge is 2.33. The first kappa shape index (κ1) is 20.9. The molecule has 2 aromatic carbocycles. The molecule has 2 aromatic rings. The number of benzene rings is 2. The van der Waals surface area contributed by atoms with Crippen molar-refractivity contribution in [2.45, 2.75) is 24.7 Å². The molecule has 3 rings (SSSR count). The number of hydrogen-bond donors (Lipinski definition) is 2. The van der Waals surface area contributed by atoms with E-state index < -0.39 is 33.6 Å². The number of nitrogens with zero attached hydrogens (tertiary/aromatic N) is 1. The quantitative estimate of drug-likeness (QED) is 0.741. The molecule has 2 N–H and O–H groups in total. The molecule has 2 amide bonds. The fraction of sp³-hybridized carbons (Fsp3) is 0.300. The van der Waals surface area contributed by atoms with Crippen molar-refractivity contribution in [3.8, 4) is 0 Å². The third kappa shape index (κ3) is 4.80. The average molecular weight is 419 g/mol. The molecule has 1 fully saturated rings. The number of rotatable bonds is 4. The van der Waals surface area contributed by atoms with E-state index in [-0.39, 0.29) is 17.0 Å². The van der Waals surface area contributed by atoms with Crippen LogP contribution in [0.5, 0.6) is 0 Å². The summed E-state index contributed by atoms with van der Waals surface area (Å²) in [5.41, 5.74) is 5.21. The smallest absolute Gasteiger partial charge is 0.272 e. The second kappa shape index (κ2) is 8.71. The number of amides is 2. The number of hydrazine groups is 1. The molecule has 1 aliphatic rings. The summed E-state index contributed by atoms with van der Waals surface area (Å²) >= 11 is 0. The SMILES string of the molecule is Cc1ccc(S(=O)(=O)N2CCC[C@@H](C(=O)NNC(=O)c3ccccc3F)C2)cc1. The van der Waals surface area contributed by atoms with E-state index in [4.69, 9.17) is 0 Å². The summed E-state index contributed by atoms with van der Waals surface area (Å²) in [6.45, 7) is 2.20. The highest BCUT2D eigenvalue weighted by atomic mass is 32.2. The van der Waals surface area contributed by atoms with Crippen LogP contribution in [-0.4, -0.2) is 37.6 Å². The lowest BCUT2D eigenvalue weighted by Gasteiger charge is -2.31. The third-order valence-corrected chi connectivity index (χ3v) is 6.71. The number of nitrogens with one attached hydrogen (secondary N) is 2. The maximum atomic E-state index is 13.6. The van der Waals surface area contributed by atoms with Gasteiger partial charge < -0.3 is 0 Å². The van der Waals surface area contributed by atoms with Crippen LogP contribution in [-0.2, 0) is 14.8 Å². The van der Waals surface area contributed by atoms with E-state index in [2.05, 4.69) is 10.9 Å². The van der Waals surface area contributed by atoms with Gasteiger partial charge in [0.25, 0.3) is 5.91 Å². The van der Waals surface area contributed by atoms with Crippen LogP contribution in [0, 0.1) is 18.7 Å². The van der Waals surface area contributed by atoms with E-state index in [1.54, 1.807) is 24.3 Å². The normalized spacial score (nSPS) is 17.5. The molecule has 0 spiro atoms. The van der Waals surface area contributed by atoms with Crippen molar-refractivity contribution in [2.24, 2.45) is 5.92 Å². The monoisotopic (exact) mass is 419 g/mol. The molecule has 9 heteroatoms. The van der Waals surface area contributed by atoms with Gasteiger partial charge in [0.1, 0.15) is 5.82 Å². The summed E-state index contributed by atoms with van der Waals surface area (Å²) in [6, 6.07) is 11.9. The second-order valence-electron chi connectivity index (χ2n) is 6.94. The maximum Gasteiger partial charge on any atom is 0.272 e. The van der Waals surface area contributed by atoms with E-state index in [1.165, 1.54) is 22.5 Å². The lowest BCUT2D eigenvalue weighted by atomic mass is 9.99. The van der Waals surface area contributed by atoms with Crippen molar-refractivity contribution in [1.29, 1.82) is 0 Å². The zero-order chi connectivity index (χ0) is 21.0. The van der Waals surface area contributed by atoms with Crippen molar-refractivity contribution >= 4 is 21.8 Å². The standard InChI is InChI=1S/C20H22FN3O4S/c1-14-8-10-16(11-9-14)29(27,28)24-12-4-5-15(13-24)19(25)22-23-20(26)17-6-2-3-7-18(17)21/h2-3,6-11,15H,4-5,12-13H2,1H3,(H,22,25)(H,23,26)/t15-/m1/s1. The number of sulfonamides is 1. The summed E-state index contributed by atoms with van der Waals surface area (Å²) in [5.74, 6) is -2.62. The Kier molecular flexibility index (Phi) is 6.29. The van der Waals surface area contributed by atoms with Gasteiger partial charge in [-0.05, 0) is 44.0 Å². The summed E-state index contributed by atoms with van der Waals surface area (Å²) in [5, 5.41) is 0. The first-order valence-electron chi connectivity index (χ1n) is 9.20. The van der Waals surface area contributed by atoms with Gasteiger partial charge in [-0.1, -0.05) is 29.8 Å². The van der Waals surface area contributed by atoms with Gasteiger partial charge in [-0.3, -0.25) is 20.4 Å².